The van der Waals surface area contributed by atoms with Crippen LogP contribution in [0.2, 0.25) is 0 Å². The molecule has 2 rings (SSSR count). The Morgan fingerprint density at radius 3 is 2.67 bits per heavy atom. The number of nitrogens with one attached hydrogen (secondary N) is 1. The van der Waals surface area contributed by atoms with Gasteiger partial charge in [-0.1, -0.05) is 20.8 Å². The zero-order chi connectivity index (χ0) is 11.1. The van der Waals surface area contributed by atoms with Gasteiger partial charge in [0.25, 0.3) is 5.91 Å². The van der Waals surface area contributed by atoms with Gasteiger partial charge in [-0.3, -0.25) is 4.79 Å². The van der Waals surface area contributed by atoms with Gasteiger partial charge in [-0.15, -0.1) is 11.3 Å². The molecule has 1 amide bonds. The van der Waals surface area contributed by atoms with Crippen LogP contribution in [-0.2, 0) is 5.41 Å². The lowest BCUT2D eigenvalue weighted by Crippen LogP contribution is -2.26. The minimum Gasteiger partial charge on any atom is -0.348 e. The third-order valence-electron chi connectivity index (χ3n) is 2.29. The average molecular weight is 224 g/mol. The maximum absolute atomic E-state index is 11.7. The molecule has 1 N–H and O–H groups in total. The number of thiazole rings is 1. The fourth-order valence-corrected chi connectivity index (χ4v) is 2.10. The zero-order valence-corrected chi connectivity index (χ0v) is 10.1. The number of rotatable bonds is 2. The van der Waals surface area contributed by atoms with Crippen molar-refractivity contribution in [3.8, 4) is 0 Å². The molecule has 4 heteroatoms. The van der Waals surface area contributed by atoms with Gasteiger partial charge in [0.2, 0.25) is 0 Å². The van der Waals surface area contributed by atoms with Gasteiger partial charge in [-0.05, 0) is 12.8 Å². The molecule has 3 nitrogen and oxygen atoms in total. The molecule has 1 heterocycles. The molecule has 0 radical (unpaired) electrons. The van der Waals surface area contributed by atoms with Crippen LogP contribution in [0.4, 0.5) is 0 Å². The van der Waals surface area contributed by atoms with Crippen LogP contribution in [0.25, 0.3) is 0 Å². The Kier molecular flexibility index (Phi) is 2.54. The molecule has 1 aliphatic rings. The van der Waals surface area contributed by atoms with Crippen LogP contribution in [0.1, 0.15) is 49.1 Å². The van der Waals surface area contributed by atoms with Gasteiger partial charge in [0.15, 0.2) is 0 Å². The Morgan fingerprint density at radius 2 is 2.20 bits per heavy atom. The first-order chi connectivity index (χ1) is 6.97. The summed E-state index contributed by atoms with van der Waals surface area (Å²) in [5, 5.41) is 5.80. The van der Waals surface area contributed by atoms with Gasteiger partial charge in [-0.2, -0.15) is 0 Å². The second-order valence-corrected chi connectivity index (χ2v) is 5.89. The molecular weight excluding hydrogens is 208 g/mol. The number of hydrogen-bond acceptors (Lipinski definition) is 3. The fourth-order valence-electron chi connectivity index (χ4n) is 1.21. The summed E-state index contributed by atoms with van der Waals surface area (Å²) in [5.41, 5.74) is 0.597. The molecule has 1 aromatic rings. The highest BCUT2D eigenvalue weighted by Crippen LogP contribution is 2.26. The summed E-state index contributed by atoms with van der Waals surface area (Å²) in [7, 11) is 0. The van der Waals surface area contributed by atoms with Crippen molar-refractivity contribution in [3.05, 3.63) is 16.1 Å². The van der Waals surface area contributed by atoms with Crippen molar-refractivity contribution in [2.75, 3.05) is 0 Å². The van der Waals surface area contributed by atoms with Crippen molar-refractivity contribution in [3.63, 3.8) is 0 Å². The number of hydrogen-bond donors (Lipinski definition) is 1. The topological polar surface area (TPSA) is 42.0 Å². The first kappa shape index (κ1) is 10.6. The van der Waals surface area contributed by atoms with Crippen molar-refractivity contribution in [2.45, 2.75) is 45.1 Å². The first-order valence-corrected chi connectivity index (χ1v) is 6.11. The van der Waals surface area contributed by atoms with E-state index >= 15 is 0 Å². The minimum absolute atomic E-state index is 0.0238. The van der Waals surface area contributed by atoms with E-state index in [1.165, 1.54) is 0 Å². The van der Waals surface area contributed by atoms with Gasteiger partial charge in [0.1, 0.15) is 5.69 Å². The number of nitrogens with zero attached hydrogens (tertiary/aromatic N) is 1. The summed E-state index contributed by atoms with van der Waals surface area (Å²) in [4.78, 5) is 16.0. The van der Waals surface area contributed by atoms with Crippen LogP contribution in [0.3, 0.4) is 0 Å². The maximum atomic E-state index is 11.7. The highest BCUT2D eigenvalue weighted by molar-refractivity contribution is 7.10. The van der Waals surface area contributed by atoms with E-state index in [0.29, 0.717) is 11.7 Å². The molecule has 0 saturated heterocycles. The van der Waals surface area contributed by atoms with Crippen LogP contribution in [0, 0.1) is 0 Å². The van der Waals surface area contributed by atoms with E-state index in [1.807, 2.05) is 5.38 Å². The first-order valence-electron chi connectivity index (χ1n) is 5.24. The van der Waals surface area contributed by atoms with Crippen molar-refractivity contribution in [1.82, 2.24) is 10.3 Å². The lowest BCUT2D eigenvalue weighted by Gasteiger charge is -2.13. The van der Waals surface area contributed by atoms with Gasteiger partial charge in [-0.25, -0.2) is 4.98 Å². The normalized spacial score (nSPS) is 16.5. The molecule has 0 atom stereocenters. The highest BCUT2D eigenvalue weighted by Gasteiger charge is 2.26. The van der Waals surface area contributed by atoms with Crippen molar-refractivity contribution >= 4 is 17.2 Å². The molecule has 1 aliphatic carbocycles. The van der Waals surface area contributed by atoms with Crippen LogP contribution >= 0.6 is 11.3 Å². The minimum atomic E-state index is -0.0238. The van der Waals surface area contributed by atoms with E-state index in [-0.39, 0.29) is 11.3 Å². The van der Waals surface area contributed by atoms with Crippen molar-refractivity contribution in [1.29, 1.82) is 0 Å². The Labute approximate surface area is 93.9 Å². The van der Waals surface area contributed by atoms with Crippen molar-refractivity contribution < 1.29 is 4.79 Å². The molecule has 15 heavy (non-hydrogen) atoms. The summed E-state index contributed by atoms with van der Waals surface area (Å²) in [6.07, 6.45) is 2.23. The van der Waals surface area contributed by atoms with Gasteiger partial charge in [0.05, 0.1) is 5.01 Å². The summed E-state index contributed by atoms with van der Waals surface area (Å²) in [6.45, 7) is 6.32. The summed E-state index contributed by atoms with van der Waals surface area (Å²) >= 11 is 1.56. The molecule has 82 valence electrons. The van der Waals surface area contributed by atoms with Crippen LogP contribution in [0.5, 0.6) is 0 Å². The second kappa shape index (κ2) is 3.59. The summed E-state index contributed by atoms with van der Waals surface area (Å²) in [5.74, 6) is -0.0238. The Hall–Kier alpha value is -0.900. The Balaban J connectivity index is 2.08. The fraction of sp³-hybridized carbons (Fsp3) is 0.636. The quantitative estimate of drug-likeness (QED) is 0.837. The van der Waals surface area contributed by atoms with Crippen molar-refractivity contribution in [2.24, 2.45) is 0 Å². The largest absolute Gasteiger partial charge is 0.348 e. The van der Waals surface area contributed by atoms with Gasteiger partial charge < -0.3 is 5.32 Å². The van der Waals surface area contributed by atoms with E-state index in [0.717, 1.165) is 17.8 Å². The van der Waals surface area contributed by atoms with E-state index in [1.54, 1.807) is 11.3 Å². The third-order valence-corrected chi connectivity index (χ3v) is 3.56. The van der Waals surface area contributed by atoms with Gasteiger partial charge in [0, 0.05) is 16.8 Å². The van der Waals surface area contributed by atoms with E-state index < -0.39 is 0 Å². The average Bonchev–Trinajstić information content (AvgIpc) is 2.80. The molecule has 0 spiro atoms. The predicted octanol–water partition coefficient (Wildman–Crippen LogP) is 2.33. The van der Waals surface area contributed by atoms with Gasteiger partial charge >= 0.3 is 0 Å². The second-order valence-electron chi connectivity index (χ2n) is 5.04. The molecule has 0 bridgehead atoms. The number of amides is 1. The lowest BCUT2D eigenvalue weighted by molar-refractivity contribution is 0.0946. The smallest absolute Gasteiger partial charge is 0.270 e. The molecule has 0 unspecified atom stereocenters. The van der Waals surface area contributed by atoms with E-state index in [2.05, 4.69) is 31.1 Å². The molecule has 1 fully saturated rings. The molecule has 0 aliphatic heterocycles. The predicted molar refractivity (Wildman–Crippen MR) is 61.3 cm³/mol. The monoisotopic (exact) mass is 224 g/mol. The molecular formula is C11H16N2OS. The van der Waals surface area contributed by atoms with Crippen LogP contribution in [-0.4, -0.2) is 16.9 Å². The lowest BCUT2D eigenvalue weighted by atomic mass is 9.98. The summed E-state index contributed by atoms with van der Waals surface area (Å²) < 4.78 is 0. The van der Waals surface area contributed by atoms with E-state index in [4.69, 9.17) is 0 Å². The number of aromatic nitrogens is 1. The third kappa shape index (κ3) is 2.56. The Morgan fingerprint density at radius 1 is 1.53 bits per heavy atom. The standard InChI is InChI=1S/C11H16N2OS/c1-11(2,3)10-13-8(6-15-10)9(14)12-7-4-5-7/h6-7H,4-5H2,1-3H3,(H,12,14). The van der Waals surface area contributed by atoms with Crippen LogP contribution < -0.4 is 5.32 Å². The van der Waals surface area contributed by atoms with E-state index in [9.17, 15) is 4.79 Å². The molecule has 0 aromatic carbocycles. The zero-order valence-electron chi connectivity index (χ0n) is 9.33. The van der Waals surface area contributed by atoms with Crippen LogP contribution in [0.15, 0.2) is 5.38 Å². The number of carbonyl (C=O) groups is 1. The molecule has 1 saturated carbocycles. The SMILES string of the molecule is CC(C)(C)c1nc(C(=O)NC2CC2)cs1. The molecule has 1 aromatic heterocycles. The number of carbonyl (C=O) groups excluding carboxylic acids is 1. The highest BCUT2D eigenvalue weighted by atomic mass is 32.1. The maximum Gasteiger partial charge on any atom is 0.270 e. The summed E-state index contributed by atoms with van der Waals surface area (Å²) in [6, 6.07) is 0.400. The Bertz CT molecular complexity index is 374.